The van der Waals surface area contributed by atoms with Crippen molar-refractivity contribution in [3.63, 3.8) is 0 Å². The lowest BCUT2D eigenvalue weighted by Gasteiger charge is -2.35. The Morgan fingerprint density at radius 2 is 1.93 bits per heavy atom. The molecule has 2 aromatic carbocycles. The maximum absolute atomic E-state index is 13.0. The average molecular weight is 469 g/mol. The van der Waals surface area contributed by atoms with E-state index in [9.17, 15) is 13.2 Å². The highest BCUT2D eigenvalue weighted by Gasteiger charge is 2.37. The van der Waals surface area contributed by atoms with E-state index in [1.165, 1.54) is 15.4 Å². The maximum atomic E-state index is 13.0. The topological polar surface area (TPSA) is 57.7 Å². The molecule has 0 saturated carbocycles. The van der Waals surface area contributed by atoms with Crippen molar-refractivity contribution in [2.75, 3.05) is 26.2 Å². The van der Waals surface area contributed by atoms with E-state index in [0.29, 0.717) is 25.9 Å². The first-order chi connectivity index (χ1) is 13.9. The molecule has 1 atom stereocenters. The highest BCUT2D eigenvalue weighted by Crippen LogP contribution is 2.41. The van der Waals surface area contributed by atoms with Gasteiger partial charge in [0.1, 0.15) is 4.90 Å². The van der Waals surface area contributed by atoms with E-state index < -0.39 is 10.0 Å². The van der Waals surface area contributed by atoms with Gasteiger partial charge in [-0.15, -0.1) is 12.4 Å². The number of carbonyl (C=O) groups is 1. The van der Waals surface area contributed by atoms with E-state index in [-0.39, 0.29) is 34.2 Å². The van der Waals surface area contributed by atoms with Crippen LogP contribution in [-0.4, -0.2) is 49.6 Å². The third-order valence-electron chi connectivity index (χ3n) is 5.98. The van der Waals surface area contributed by atoms with Gasteiger partial charge in [-0.1, -0.05) is 48.9 Å². The van der Waals surface area contributed by atoms with Crippen LogP contribution in [0.1, 0.15) is 47.3 Å². The van der Waals surface area contributed by atoms with Crippen molar-refractivity contribution in [2.24, 2.45) is 0 Å². The van der Waals surface area contributed by atoms with Gasteiger partial charge in [0.2, 0.25) is 10.0 Å². The number of carbonyl (C=O) groups excluding carboxylic acids is 1. The van der Waals surface area contributed by atoms with Crippen LogP contribution >= 0.6 is 24.0 Å². The smallest absolute Gasteiger partial charge is 0.244 e. The molecule has 162 valence electrons. The fraction of sp³-hybridized carbons (Fsp3) is 0.409. The predicted molar refractivity (Wildman–Crippen MR) is 121 cm³/mol. The molecule has 1 aliphatic carbocycles. The molecule has 0 radical (unpaired) electrons. The van der Waals surface area contributed by atoms with Crippen LogP contribution in [0.5, 0.6) is 0 Å². The quantitative estimate of drug-likeness (QED) is 0.605. The summed E-state index contributed by atoms with van der Waals surface area (Å²) in [6.07, 6.45) is 2.17. The largest absolute Gasteiger partial charge is 0.295 e. The number of hydrogen-bond donors (Lipinski definition) is 0. The molecule has 0 saturated heterocycles. The molecule has 8 heteroatoms. The predicted octanol–water partition coefficient (Wildman–Crippen LogP) is 4.35. The molecule has 0 aromatic heterocycles. The SMILES string of the molecule is CCN(CCCN1CCc2cccc3c2C1CC3=O)S(=O)(=O)c1ccccc1Cl.Cl. The standard InChI is InChI=1S/C22H25ClN2O3S.ClH/c1-2-25(29(27,28)21-10-4-3-9-18(21)23)13-6-12-24-14-11-16-7-5-8-17-20(26)15-19(24)22(16)17;/h3-5,7-10,19H,2,6,11-15H2,1H3;1H. The van der Waals surface area contributed by atoms with Crippen LogP contribution < -0.4 is 0 Å². The first-order valence-electron chi connectivity index (χ1n) is 10.1. The normalized spacial score (nSPS) is 18.4. The molecule has 0 amide bonds. The van der Waals surface area contributed by atoms with Gasteiger partial charge in [0.25, 0.3) is 0 Å². The van der Waals surface area contributed by atoms with Gasteiger partial charge in [-0.05, 0) is 36.1 Å². The minimum absolute atomic E-state index is 0. The second kappa shape index (κ2) is 9.37. The molecule has 1 aliphatic heterocycles. The summed E-state index contributed by atoms with van der Waals surface area (Å²) in [6.45, 7) is 4.32. The van der Waals surface area contributed by atoms with Crippen LogP contribution in [-0.2, 0) is 16.4 Å². The minimum Gasteiger partial charge on any atom is -0.295 e. The summed E-state index contributed by atoms with van der Waals surface area (Å²) in [4.78, 5) is 14.9. The number of ketones is 1. The van der Waals surface area contributed by atoms with Crippen molar-refractivity contribution < 1.29 is 13.2 Å². The number of Topliss-reactive ketones (excluding diaryl/α,β-unsaturated/α-hetero) is 1. The zero-order valence-corrected chi connectivity index (χ0v) is 19.3. The lowest BCUT2D eigenvalue weighted by atomic mass is 9.93. The summed E-state index contributed by atoms with van der Waals surface area (Å²) in [7, 11) is -3.62. The number of benzene rings is 2. The second-order valence-electron chi connectivity index (χ2n) is 7.59. The zero-order valence-electron chi connectivity index (χ0n) is 16.9. The molecule has 1 heterocycles. The van der Waals surface area contributed by atoms with E-state index in [0.717, 1.165) is 25.1 Å². The van der Waals surface area contributed by atoms with Crippen molar-refractivity contribution in [3.8, 4) is 0 Å². The number of sulfonamides is 1. The molecule has 2 aromatic rings. The lowest BCUT2D eigenvalue weighted by molar-refractivity contribution is 0.0947. The highest BCUT2D eigenvalue weighted by atomic mass is 35.5. The average Bonchev–Trinajstić information content (AvgIpc) is 3.05. The van der Waals surface area contributed by atoms with Crippen LogP contribution in [0.2, 0.25) is 5.02 Å². The number of halogens is 2. The van der Waals surface area contributed by atoms with Crippen LogP contribution in [0.25, 0.3) is 0 Å². The van der Waals surface area contributed by atoms with Gasteiger partial charge in [0.15, 0.2) is 5.78 Å². The van der Waals surface area contributed by atoms with Gasteiger partial charge in [-0.2, -0.15) is 4.31 Å². The van der Waals surface area contributed by atoms with Gasteiger partial charge in [-0.3, -0.25) is 9.69 Å². The minimum atomic E-state index is -3.62. The first kappa shape index (κ1) is 23.2. The van der Waals surface area contributed by atoms with Gasteiger partial charge in [0, 0.05) is 44.2 Å². The number of rotatable bonds is 7. The first-order valence-corrected chi connectivity index (χ1v) is 11.9. The molecule has 0 spiro atoms. The van der Waals surface area contributed by atoms with Gasteiger partial charge in [-0.25, -0.2) is 8.42 Å². The van der Waals surface area contributed by atoms with Crippen LogP contribution in [0.3, 0.4) is 0 Å². The summed E-state index contributed by atoms with van der Waals surface area (Å²) in [6, 6.07) is 12.7. The molecule has 30 heavy (non-hydrogen) atoms. The summed E-state index contributed by atoms with van der Waals surface area (Å²) in [5.41, 5.74) is 3.35. The molecule has 5 nitrogen and oxygen atoms in total. The fourth-order valence-electron chi connectivity index (χ4n) is 4.55. The van der Waals surface area contributed by atoms with Crippen LogP contribution in [0.15, 0.2) is 47.4 Å². The van der Waals surface area contributed by atoms with E-state index in [4.69, 9.17) is 11.6 Å². The van der Waals surface area contributed by atoms with Crippen molar-refractivity contribution in [2.45, 2.75) is 37.1 Å². The second-order valence-corrected chi connectivity index (χ2v) is 9.90. The lowest BCUT2D eigenvalue weighted by Crippen LogP contribution is -2.38. The molecular formula is C22H26Cl2N2O3S. The Bertz CT molecular complexity index is 1040. The number of hydrogen-bond acceptors (Lipinski definition) is 4. The Labute approximate surface area is 189 Å². The third-order valence-corrected chi connectivity index (χ3v) is 8.45. The molecule has 4 rings (SSSR count). The van der Waals surface area contributed by atoms with Crippen LogP contribution in [0.4, 0.5) is 0 Å². The summed E-state index contributed by atoms with van der Waals surface area (Å²) in [5.74, 6) is 0.218. The molecular weight excluding hydrogens is 443 g/mol. The summed E-state index contributed by atoms with van der Waals surface area (Å²) >= 11 is 6.12. The summed E-state index contributed by atoms with van der Waals surface area (Å²) in [5, 5.41) is 0.246. The van der Waals surface area contributed by atoms with Crippen LogP contribution in [0, 0.1) is 0 Å². The monoisotopic (exact) mass is 468 g/mol. The van der Waals surface area contributed by atoms with Crippen molar-refractivity contribution in [1.29, 1.82) is 0 Å². The van der Waals surface area contributed by atoms with E-state index in [2.05, 4.69) is 11.0 Å². The van der Waals surface area contributed by atoms with Crippen molar-refractivity contribution in [1.82, 2.24) is 9.21 Å². The Hall–Kier alpha value is -1.44. The van der Waals surface area contributed by atoms with E-state index in [1.807, 2.05) is 19.1 Å². The molecule has 1 unspecified atom stereocenters. The maximum Gasteiger partial charge on any atom is 0.244 e. The zero-order chi connectivity index (χ0) is 20.6. The van der Waals surface area contributed by atoms with Crippen molar-refractivity contribution >= 4 is 39.8 Å². The van der Waals surface area contributed by atoms with Crippen molar-refractivity contribution in [3.05, 3.63) is 64.2 Å². The molecule has 0 bridgehead atoms. The third kappa shape index (κ3) is 4.16. The Morgan fingerprint density at radius 3 is 2.67 bits per heavy atom. The fourth-order valence-corrected chi connectivity index (χ4v) is 6.53. The highest BCUT2D eigenvalue weighted by molar-refractivity contribution is 7.89. The number of nitrogens with zero attached hydrogens (tertiary/aromatic N) is 2. The van der Waals surface area contributed by atoms with Gasteiger partial charge in [0.05, 0.1) is 5.02 Å². The molecule has 0 fully saturated rings. The Kier molecular flexibility index (Phi) is 7.25. The summed E-state index contributed by atoms with van der Waals surface area (Å²) < 4.78 is 27.5. The Morgan fingerprint density at radius 1 is 1.17 bits per heavy atom. The Balaban J connectivity index is 0.00000256. The van der Waals surface area contributed by atoms with E-state index in [1.54, 1.807) is 24.3 Å². The van der Waals surface area contributed by atoms with Gasteiger partial charge >= 0.3 is 0 Å². The van der Waals surface area contributed by atoms with Gasteiger partial charge < -0.3 is 0 Å². The van der Waals surface area contributed by atoms with E-state index >= 15 is 0 Å². The molecule has 0 N–H and O–H groups in total. The molecule has 2 aliphatic rings.